The molecule has 2 nitrogen and oxygen atoms in total. The molecule has 4 heteroatoms. The largest absolute Gasteiger partial charge is 0.317 e. The normalized spacial score (nSPS) is 12.3. The van der Waals surface area contributed by atoms with Crippen LogP contribution in [0.1, 0.15) is 17.5 Å². The highest BCUT2D eigenvalue weighted by Gasteiger charge is 2.12. The van der Waals surface area contributed by atoms with Gasteiger partial charge in [0.1, 0.15) is 5.82 Å². The molecule has 1 N–H and O–H groups in total. The van der Waals surface area contributed by atoms with E-state index in [1.807, 2.05) is 25.2 Å². The van der Waals surface area contributed by atoms with Gasteiger partial charge in [-0.2, -0.15) is 0 Å². The van der Waals surface area contributed by atoms with E-state index < -0.39 is 0 Å². The molecule has 0 spiro atoms. The van der Waals surface area contributed by atoms with Crippen LogP contribution in [0, 0.1) is 5.82 Å². The van der Waals surface area contributed by atoms with Crippen LogP contribution in [0.15, 0.2) is 42.7 Å². The first-order valence-corrected chi connectivity index (χ1v) is 7.07. The standard InChI is InChI=1S/C16H18ClFN2/c1-19-14(6-5-12-7-9-20-10-8-12)11-13-3-2-4-15(18)16(13)17/h2-4,7-10,14,19H,5-6,11H2,1H3. The third-order valence-electron chi connectivity index (χ3n) is 3.44. The minimum Gasteiger partial charge on any atom is -0.317 e. The molecule has 2 rings (SSSR count). The highest BCUT2D eigenvalue weighted by Crippen LogP contribution is 2.21. The van der Waals surface area contributed by atoms with E-state index in [0.29, 0.717) is 0 Å². The monoisotopic (exact) mass is 292 g/mol. The van der Waals surface area contributed by atoms with Gasteiger partial charge in [-0.15, -0.1) is 0 Å². The molecule has 2 aromatic rings. The zero-order valence-electron chi connectivity index (χ0n) is 11.4. The second-order valence-corrected chi connectivity index (χ2v) is 5.17. The summed E-state index contributed by atoms with van der Waals surface area (Å²) in [6.07, 6.45) is 6.24. The molecule has 20 heavy (non-hydrogen) atoms. The molecule has 0 aliphatic heterocycles. The number of hydrogen-bond donors (Lipinski definition) is 1. The summed E-state index contributed by atoms with van der Waals surface area (Å²) in [4.78, 5) is 4.01. The number of hydrogen-bond acceptors (Lipinski definition) is 2. The maximum Gasteiger partial charge on any atom is 0.142 e. The molecule has 0 aliphatic carbocycles. The van der Waals surface area contributed by atoms with Crippen LogP contribution < -0.4 is 5.32 Å². The Hall–Kier alpha value is -1.45. The predicted octanol–water partition coefficient (Wildman–Crippen LogP) is 3.64. The van der Waals surface area contributed by atoms with Crippen LogP contribution in [0.3, 0.4) is 0 Å². The van der Waals surface area contributed by atoms with Crippen LogP contribution in [0.25, 0.3) is 0 Å². The molecule has 1 aromatic carbocycles. The first kappa shape index (κ1) is 14.9. The van der Waals surface area contributed by atoms with Gasteiger partial charge in [0.25, 0.3) is 0 Å². The highest BCUT2D eigenvalue weighted by atomic mass is 35.5. The van der Waals surface area contributed by atoms with Crippen molar-refractivity contribution in [3.8, 4) is 0 Å². The van der Waals surface area contributed by atoms with E-state index in [1.165, 1.54) is 11.6 Å². The van der Waals surface area contributed by atoms with Crippen molar-refractivity contribution in [2.24, 2.45) is 0 Å². The van der Waals surface area contributed by atoms with Gasteiger partial charge in [-0.1, -0.05) is 23.7 Å². The van der Waals surface area contributed by atoms with Crippen molar-refractivity contribution in [1.29, 1.82) is 0 Å². The SMILES string of the molecule is CNC(CCc1ccncc1)Cc1cccc(F)c1Cl. The van der Waals surface area contributed by atoms with E-state index >= 15 is 0 Å². The maximum atomic E-state index is 13.4. The lowest BCUT2D eigenvalue weighted by atomic mass is 9.99. The highest BCUT2D eigenvalue weighted by molar-refractivity contribution is 6.31. The van der Waals surface area contributed by atoms with Crippen molar-refractivity contribution < 1.29 is 4.39 Å². The summed E-state index contributed by atoms with van der Waals surface area (Å²) in [6.45, 7) is 0. The fraction of sp³-hybridized carbons (Fsp3) is 0.312. The van der Waals surface area contributed by atoms with E-state index in [2.05, 4.69) is 10.3 Å². The zero-order chi connectivity index (χ0) is 14.4. The Morgan fingerprint density at radius 3 is 2.70 bits per heavy atom. The fourth-order valence-electron chi connectivity index (χ4n) is 2.21. The molecule has 0 fully saturated rings. The maximum absolute atomic E-state index is 13.4. The van der Waals surface area contributed by atoms with Crippen LogP contribution >= 0.6 is 11.6 Å². The molecule has 0 amide bonds. The second-order valence-electron chi connectivity index (χ2n) is 4.80. The molecule has 0 radical (unpaired) electrons. The van der Waals surface area contributed by atoms with Crippen molar-refractivity contribution in [3.05, 3.63) is 64.7 Å². The summed E-state index contributed by atoms with van der Waals surface area (Å²) in [5.74, 6) is -0.354. The molecule has 0 aliphatic rings. The summed E-state index contributed by atoms with van der Waals surface area (Å²) < 4.78 is 13.4. The van der Waals surface area contributed by atoms with Gasteiger partial charge in [0.15, 0.2) is 0 Å². The van der Waals surface area contributed by atoms with Crippen molar-refractivity contribution >= 4 is 11.6 Å². The molecular formula is C16H18ClFN2. The van der Waals surface area contributed by atoms with Crippen LogP contribution in [0.2, 0.25) is 5.02 Å². The number of pyridine rings is 1. The van der Waals surface area contributed by atoms with Crippen LogP contribution in [0.4, 0.5) is 4.39 Å². The molecule has 1 atom stereocenters. The quantitative estimate of drug-likeness (QED) is 0.879. The number of aromatic nitrogens is 1. The van der Waals surface area contributed by atoms with Crippen molar-refractivity contribution in [2.45, 2.75) is 25.3 Å². The number of likely N-dealkylation sites (N-methyl/N-ethyl adjacent to an activating group) is 1. The number of benzene rings is 1. The van der Waals surface area contributed by atoms with E-state index in [9.17, 15) is 4.39 Å². The number of nitrogens with one attached hydrogen (secondary N) is 1. The van der Waals surface area contributed by atoms with Gasteiger partial charge in [-0.25, -0.2) is 4.39 Å². The van der Waals surface area contributed by atoms with Gasteiger partial charge in [0.2, 0.25) is 0 Å². The van der Waals surface area contributed by atoms with Crippen LogP contribution in [-0.2, 0) is 12.8 Å². The van der Waals surface area contributed by atoms with E-state index in [-0.39, 0.29) is 16.9 Å². The summed E-state index contributed by atoms with van der Waals surface area (Å²) in [5.41, 5.74) is 2.10. The lowest BCUT2D eigenvalue weighted by Gasteiger charge is -2.17. The van der Waals surface area contributed by atoms with Crippen molar-refractivity contribution in [3.63, 3.8) is 0 Å². The molecule has 1 aromatic heterocycles. The fourth-order valence-corrected chi connectivity index (χ4v) is 2.41. The predicted molar refractivity (Wildman–Crippen MR) is 80.5 cm³/mol. The Bertz CT molecular complexity index is 545. The van der Waals surface area contributed by atoms with Gasteiger partial charge in [-0.05, 0) is 55.6 Å². The Morgan fingerprint density at radius 1 is 1.25 bits per heavy atom. The van der Waals surface area contributed by atoms with Gasteiger partial charge in [-0.3, -0.25) is 4.98 Å². The van der Waals surface area contributed by atoms with E-state index in [4.69, 9.17) is 11.6 Å². The average molecular weight is 293 g/mol. The van der Waals surface area contributed by atoms with Crippen molar-refractivity contribution in [2.75, 3.05) is 7.05 Å². The number of halogens is 2. The Balaban J connectivity index is 1.97. The first-order valence-electron chi connectivity index (χ1n) is 6.69. The molecule has 0 bridgehead atoms. The van der Waals surface area contributed by atoms with Gasteiger partial charge in [0.05, 0.1) is 5.02 Å². The lowest BCUT2D eigenvalue weighted by molar-refractivity contribution is 0.518. The third-order valence-corrected chi connectivity index (χ3v) is 3.86. The molecule has 1 heterocycles. The minimum atomic E-state index is -0.354. The summed E-state index contributed by atoms with van der Waals surface area (Å²) >= 11 is 6.00. The Labute approximate surface area is 124 Å². The first-order chi connectivity index (χ1) is 9.70. The molecule has 0 saturated carbocycles. The average Bonchev–Trinajstić information content (AvgIpc) is 2.49. The lowest BCUT2D eigenvalue weighted by Crippen LogP contribution is -2.28. The number of aryl methyl sites for hydroxylation is 1. The minimum absolute atomic E-state index is 0.233. The number of nitrogens with zero attached hydrogens (tertiary/aromatic N) is 1. The molecule has 0 saturated heterocycles. The third kappa shape index (κ3) is 4.02. The van der Waals surface area contributed by atoms with Gasteiger partial charge in [0, 0.05) is 18.4 Å². The zero-order valence-corrected chi connectivity index (χ0v) is 12.2. The Kier molecular flexibility index (Phi) is 5.50. The molecular weight excluding hydrogens is 275 g/mol. The summed E-state index contributed by atoms with van der Waals surface area (Å²) in [6, 6.07) is 9.26. The number of rotatable bonds is 6. The topological polar surface area (TPSA) is 24.9 Å². The van der Waals surface area contributed by atoms with Crippen LogP contribution in [0.5, 0.6) is 0 Å². The molecule has 106 valence electrons. The van der Waals surface area contributed by atoms with Crippen LogP contribution in [-0.4, -0.2) is 18.1 Å². The second kappa shape index (κ2) is 7.36. The summed E-state index contributed by atoms with van der Waals surface area (Å²) in [7, 11) is 1.92. The van der Waals surface area contributed by atoms with Crippen molar-refractivity contribution in [1.82, 2.24) is 10.3 Å². The van der Waals surface area contributed by atoms with E-state index in [1.54, 1.807) is 18.5 Å². The van der Waals surface area contributed by atoms with E-state index in [0.717, 1.165) is 24.8 Å². The van der Waals surface area contributed by atoms with Gasteiger partial charge >= 0.3 is 0 Å². The smallest absolute Gasteiger partial charge is 0.142 e. The summed E-state index contributed by atoms with van der Waals surface area (Å²) in [5, 5.41) is 3.50. The molecule has 1 unspecified atom stereocenters. The Morgan fingerprint density at radius 2 is 2.00 bits per heavy atom. The van der Waals surface area contributed by atoms with Gasteiger partial charge < -0.3 is 5.32 Å².